The summed E-state index contributed by atoms with van der Waals surface area (Å²) < 4.78 is 16.6. The van der Waals surface area contributed by atoms with Gasteiger partial charge in [-0.05, 0) is 71.6 Å². The zero-order valence-corrected chi connectivity index (χ0v) is 27.3. The molecule has 7 aromatic rings. The van der Waals surface area contributed by atoms with Crippen molar-refractivity contribution in [3.05, 3.63) is 139 Å². The van der Waals surface area contributed by atoms with Gasteiger partial charge in [-0.2, -0.15) is 0 Å². The number of nitrogens with zero attached hydrogens (tertiary/aromatic N) is 2. The summed E-state index contributed by atoms with van der Waals surface area (Å²) in [6.07, 6.45) is 0. The van der Waals surface area contributed by atoms with E-state index in [-0.39, 0.29) is 5.82 Å². The molecule has 0 aliphatic rings. The maximum Gasteiger partial charge on any atom is 0.123 e. The summed E-state index contributed by atoms with van der Waals surface area (Å²) in [6.45, 7) is 7.75. The van der Waals surface area contributed by atoms with Gasteiger partial charge in [0.25, 0.3) is 0 Å². The van der Waals surface area contributed by atoms with Crippen LogP contribution >= 0.6 is 11.3 Å². The molecule has 0 amide bonds. The van der Waals surface area contributed by atoms with E-state index in [0.29, 0.717) is 6.54 Å². The van der Waals surface area contributed by atoms with E-state index < -0.39 is 8.07 Å². The number of hydrogen-bond donors (Lipinski definition) is 0. The molecule has 5 heteroatoms. The Kier molecular flexibility index (Phi) is 7.23. The molecule has 2 nitrogen and oxygen atoms in total. The second-order valence-electron chi connectivity index (χ2n) is 12.5. The minimum Gasteiger partial charge on any atom is -0.343 e. The molecule has 6 aromatic carbocycles. The average Bonchev–Trinajstić information content (AvgIpc) is 3.41. The van der Waals surface area contributed by atoms with Gasteiger partial charge in [0.1, 0.15) is 5.82 Å². The zero-order valence-electron chi connectivity index (χ0n) is 25.5. The molecule has 7 rings (SSSR count). The molecule has 0 fully saturated rings. The van der Waals surface area contributed by atoms with Gasteiger partial charge in [-0.1, -0.05) is 91.6 Å². The Morgan fingerprint density at radius 1 is 0.636 bits per heavy atom. The molecule has 0 aliphatic heterocycles. The highest BCUT2D eigenvalue weighted by Gasteiger charge is 2.20. The Morgan fingerprint density at radius 3 is 2.00 bits per heavy atom. The Bertz CT molecular complexity index is 2110. The maximum atomic E-state index is 14.0. The van der Waals surface area contributed by atoms with E-state index in [0.717, 1.165) is 11.4 Å². The lowest BCUT2D eigenvalue weighted by Crippen LogP contribution is -2.37. The van der Waals surface area contributed by atoms with Crippen LogP contribution in [0.25, 0.3) is 30.9 Å². The number of fused-ring (bicyclic) bond motifs is 4. The number of hydrogen-bond acceptors (Lipinski definition) is 3. The van der Waals surface area contributed by atoms with E-state index >= 15 is 0 Å². The fraction of sp³-hybridized carbons (Fsp3) is 0.128. The molecule has 1 aromatic heterocycles. The molecule has 44 heavy (non-hydrogen) atoms. The van der Waals surface area contributed by atoms with E-state index in [4.69, 9.17) is 0 Å². The largest absolute Gasteiger partial charge is 0.343 e. The van der Waals surface area contributed by atoms with Crippen molar-refractivity contribution in [2.45, 2.75) is 26.2 Å². The second-order valence-corrected chi connectivity index (χ2v) is 18.6. The molecule has 0 radical (unpaired) electrons. The van der Waals surface area contributed by atoms with Crippen LogP contribution in [0.2, 0.25) is 19.6 Å². The van der Waals surface area contributed by atoms with Gasteiger partial charge in [0, 0.05) is 51.5 Å². The van der Waals surface area contributed by atoms with Crippen LogP contribution in [0.4, 0.5) is 27.1 Å². The number of anilines is 4. The highest BCUT2D eigenvalue weighted by Crippen LogP contribution is 2.43. The minimum atomic E-state index is -1.45. The summed E-state index contributed by atoms with van der Waals surface area (Å²) in [4.78, 5) is 4.64. The zero-order chi connectivity index (χ0) is 30.4. The molecule has 0 saturated heterocycles. The van der Waals surface area contributed by atoms with Gasteiger partial charge in [-0.25, -0.2) is 4.39 Å². The van der Waals surface area contributed by atoms with Crippen LogP contribution in [0.1, 0.15) is 5.56 Å². The Morgan fingerprint density at radius 2 is 1.27 bits per heavy atom. The van der Waals surface area contributed by atoms with Crippen LogP contribution in [0.5, 0.6) is 0 Å². The first-order valence-corrected chi connectivity index (χ1v) is 19.4. The summed E-state index contributed by atoms with van der Waals surface area (Å²) in [6, 6.07) is 44.3. The van der Waals surface area contributed by atoms with Crippen molar-refractivity contribution in [2.75, 3.05) is 16.8 Å². The lowest BCUT2D eigenvalue weighted by molar-refractivity contribution is 0.627. The highest BCUT2D eigenvalue weighted by molar-refractivity contribution is 7.26. The van der Waals surface area contributed by atoms with Gasteiger partial charge in [0.15, 0.2) is 0 Å². The molecule has 0 spiro atoms. The Labute approximate surface area is 263 Å². The van der Waals surface area contributed by atoms with E-state index in [1.165, 1.54) is 53.1 Å². The number of thiophene rings is 1. The fourth-order valence-electron chi connectivity index (χ4n) is 6.11. The van der Waals surface area contributed by atoms with Crippen LogP contribution in [0.3, 0.4) is 0 Å². The van der Waals surface area contributed by atoms with Crippen molar-refractivity contribution in [3.63, 3.8) is 0 Å². The van der Waals surface area contributed by atoms with Gasteiger partial charge in [-0.15, -0.1) is 11.3 Å². The fourth-order valence-corrected chi connectivity index (χ4v) is 8.52. The molecule has 0 saturated carbocycles. The monoisotopic (exact) mass is 610 g/mol. The van der Waals surface area contributed by atoms with Crippen LogP contribution in [0, 0.1) is 5.82 Å². The van der Waals surface area contributed by atoms with Crippen molar-refractivity contribution < 1.29 is 4.39 Å². The summed E-state index contributed by atoms with van der Waals surface area (Å²) in [5.41, 5.74) is 5.62. The molecule has 0 N–H and O–H groups in total. The van der Waals surface area contributed by atoms with Gasteiger partial charge in [0.05, 0.1) is 18.5 Å². The van der Waals surface area contributed by atoms with Crippen molar-refractivity contribution in [1.29, 1.82) is 0 Å². The van der Waals surface area contributed by atoms with E-state index in [1.54, 1.807) is 12.1 Å². The first-order chi connectivity index (χ1) is 21.3. The number of rotatable bonds is 7. The predicted molar refractivity (Wildman–Crippen MR) is 193 cm³/mol. The van der Waals surface area contributed by atoms with Gasteiger partial charge in [-0.3, -0.25) is 0 Å². The molecule has 0 bridgehead atoms. The summed E-state index contributed by atoms with van der Waals surface area (Å²) in [7, 11) is 0.733. The maximum absolute atomic E-state index is 14.0. The van der Waals surface area contributed by atoms with Crippen molar-refractivity contribution in [3.8, 4) is 0 Å². The first-order valence-electron chi connectivity index (χ1n) is 15.1. The summed E-state index contributed by atoms with van der Waals surface area (Å²) >= 11 is 1.85. The third-order valence-corrected chi connectivity index (χ3v) is 11.8. The van der Waals surface area contributed by atoms with Crippen molar-refractivity contribution >= 4 is 78.3 Å². The minimum absolute atomic E-state index is 0.229. The molecular weight excluding hydrogens is 576 g/mol. The van der Waals surface area contributed by atoms with Crippen LogP contribution < -0.4 is 15.0 Å². The Balaban J connectivity index is 1.39. The molecule has 218 valence electrons. The van der Waals surface area contributed by atoms with E-state index in [2.05, 4.69) is 140 Å². The van der Waals surface area contributed by atoms with Crippen LogP contribution in [-0.4, -0.2) is 15.1 Å². The highest BCUT2D eigenvalue weighted by atomic mass is 32.1. The molecular formula is C39H35FN2SSi. The first kappa shape index (κ1) is 28.3. The van der Waals surface area contributed by atoms with Crippen molar-refractivity contribution in [2.24, 2.45) is 0 Å². The van der Waals surface area contributed by atoms with Gasteiger partial charge in [0.2, 0.25) is 0 Å². The Hall–Kier alpha value is -4.45. The molecule has 1 heterocycles. The number of halogens is 1. The van der Waals surface area contributed by atoms with Crippen molar-refractivity contribution in [1.82, 2.24) is 0 Å². The van der Waals surface area contributed by atoms with E-state index in [9.17, 15) is 4.39 Å². The van der Waals surface area contributed by atoms with Crippen LogP contribution in [-0.2, 0) is 6.54 Å². The number of benzene rings is 6. The second kappa shape index (κ2) is 11.2. The van der Waals surface area contributed by atoms with Gasteiger partial charge >= 0.3 is 0 Å². The van der Waals surface area contributed by atoms with Crippen LogP contribution in [0.15, 0.2) is 127 Å². The SMILES string of the molecule is CN(c1cccc2ccccc12)c1cc(CN(c2ccc(F)cc2)c2ccc([Si](C)(C)C)cc2)cc2c1sc1ccccc12. The molecule has 0 unspecified atom stereocenters. The lowest BCUT2D eigenvalue weighted by atomic mass is 10.0. The quantitative estimate of drug-likeness (QED) is 0.166. The average molecular weight is 611 g/mol. The molecule has 0 atom stereocenters. The third-order valence-electron chi connectivity index (χ3n) is 8.53. The standard InChI is InChI=1S/C39H35FN2SSi/c1-41(36-14-9-11-28-10-5-6-12-33(28)36)37-25-27(24-35-34-13-7-8-15-38(34)43-39(35)37)26-42(30-18-16-29(40)17-19-30)31-20-22-32(23-21-31)44(2,3)4/h5-25H,26H2,1-4H3. The molecule has 0 aliphatic carbocycles. The smallest absolute Gasteiger partial charge is 0.123 e. The lowest BCUT2D eigenvalue weighted by Gasteiger charge is -2.28. The summed E-state index contributed by atoms with van der Waals surface area (Å²) in [5, 5.41) is 6.41. The summed E-state index contributed by atoms with van der Waals surface area (Å²) in [5.74, 6) is -0.229. The topological polar surface area (TPSA) is 6.48 Å². The van der Waals surface area contributed by atoms with E-state index in [1.807, 2.05) is 23.5 Å². The third kappa shape index (κ3) is 5.27. The predicted octanol–water partition coefficient (Wildman–Crippen LogP) is 11.0. The normalized spacial score (nSPS) is 11.8. The van der Waals surface area contributed by atoms with Gasteiger partial charge < -0.3 is 9.80 Å².